The fraction of sp³-hybridized carbons (Fsp3) is 0.143. The standard InChI is InChI=1S/C28H23NO3/c1-15-8-10-18(11-9-15)25-17(3)26-22-12-19-6-4-5-7-20(19)13-23(22)28(32)29-27(26)16(2)21(25)14-24(30)31/h4-13H,14H2,1-3H3,(H,29,32)(H,30,31). The summed E-state index contributed by atoms with van der Waals surface area (Å²) in [7, 11) is 0. The van der Waals surface area contributed by atoms with Crippen molar-refractivity contribution in [1.82, 2.24) is 4.98 Å². The first kappa shape index (κ1) is 20.0. The number of aromatic amines is 1. The van der Waals surface area contributed by atoms with E-state index < -0.39 is 5.97 Å². The van der Waals surface area contributed by atoms with Gasteiger partial charge >= 0.3 is 5.97 Å². The maximum atomic E-state index is 13.1. The van der Waals surface area contributed by atoms with E-state index in [9.17, 15) is 14.7 Å². The second kappa shape index (κ2) is 7.34. The lowest BCUT2D eigenvalue weighted by Crippen LogP contribution is -2.12. The van der Waals surface area contributed by atoms with Crippen LogP contribution in [0.1, 0.15) is 22.3 Å². The Morgan fingerprint density at radius 2 is 1.50 bits per heavy atom. The zero-order valence-corrected chi connectivity index (χ0v) is 18.2. The molecule has 4 nitrogen and oxygen atoms in total. The number of aromatic nitrogens is 1. The molecule has 1 heterocycles. The van der Waals surface area contributed by atoms with Crippen LogP contribution < -0.4 is 5.56 Å². The minimum atomic E-state index is -0.894. The highest BCUT2D eigenvalue weighted by molar-refractivity contribution is 6.14. The van der Waals surface area contributed by atoms with Gasteiger partial charge in [-0.25, -0.2) is 0 Å². The van der Waals surface area contributed by atoms with E-state index in [-0.39, 0.29) is 12.0 Å². The maximum absolute atomic E-state index is 13.1. The van der Waals surface area contributed by atoms with Gasteiger partial charge in [-0.3, -0.25) is 9.59 Å². The molecule has 0 amide bonds. The van der Waals surface area contributed by atoms with E-state index in [1.165, 1.54) is 0 Å². The van der Waals surface area contributed by atoms with Crippen molar-refractivity contribution in [1.29, 1.82) is 0 Å². The van der Waals surface area contributed by atoms with Gasteiger partial charge in [0.15, 0.2) is 0 Å². The number of aryl methyl sites for hydroxylation is 3. The Morgan fingerprint density at radius 1 is 0.875 bits per heavy atom. The number of hydrogen-bond donors (Lipinski definition) is 2. The Bertz CT molecular complexity index is 1610. The van der Waals surface area contributed by atoms with Gasteiger partial charge in [0.2, 0.25) is 0 Å². The van der Waals surface area contributed by atoms with Gasteiger partial charge in [0.05, 0.1) is 11.9 Å². The third kappa shape index (κ3) is 3.07. The van der Waals surface area contributed by atoms with E-state index in [1.807, 2.05) is 75.4 Å². The van der Waals surface area contributed by atoms with Crippen LogP contribution in [0.2, 0.25) is 0 Å². The van der Waals surface area contributed by atoms with Crippen LogP contribution in [0.3, 0.4) is 0 Å². The smallest absolute Gasteiger partial charge is 0.307 e. The Balaban J connectivity index is 2.00. The predicted octanol–water partition coefficient (Wildman–Crippen LogP) is 6.05. The molecule has 0 fully saturated rings. The van der Waals surface area contributed by atoms with Crippen LogP contribution in [0.15, 0.2) is 65.5 Å². The molecule has 0 unspecified atom stereocenters. The highest BCUT2D eigenvalue weighted by Crippen LogP contribution is 2.39. The fourth-order valence-corrected chi connectivity index (χ4v) is 4.86. The molecule has 0 aliphatic heterocycles. The molecule has 0 bridgehead atoms. The molecule has 4 aromatic carbocycles. The van der Waals surface area contributed by atoms with Gasteiger partial charge < -0.3 is 10.1 Å². The summed E-state index contributed by atoms with van der Waals surface area (Å²) in [5, 5.41) is 14.2. The minimum absolute atomic E-state index is 0.108. The number of rotatable bonds is 3. The fourth-order valence-electron chi connectivity index (χ4n) is 4.86. The van der Waals surface area contributed by atoms with Crippen LogP contribution in [0, 0.1) is 20.8 Å². The number of aliphatic carboxylic acids is 1. The SMILES string of the molecule is Cc1ccc(-c2c(CC(=O)O)c(C)c3[nH]c(=O)c4cc5ccccc5cc4c3c2C)cc1. The number of nitrogens with one attached hydrogen (secondary N) is 1. The lowest BCUT2D eigenvalue weighted by atomic mass is 9.85. The van der Waals surface area contributed by atoms with Crippen molar-refractivity contribution in [3.8, 4) is 11.1 Å². The number of carboxylic acids is 1. The Labute approximate surface area is 185 Å². The van der Waals surface area contributed by atoms with Crippen LogP contribution in [-0.2, 0) is 11.2 Å². The van der Waals surface area contributed by atoms with E-state index in [4.69, 9.17) is 0 Å². The molecule has 0 spiro atoms. The van der Waals surface area contributed by atoms with Gasteiger partial charge in [-0.15, -0.1) is 0 Å². The second-order valence-electron chi connectivity index (χ2n) is 8.49. The number of H-pyrrole nitrogens is 1. The Kier molecular flexibility index (Phi) is 4.59. The summed E-state index contributed by atoms with van der Waals surface area (Å²) < 4.78 is 0. The van der Waals surface area contributed by atoms with Crippen LogP contribution in [0.4, 0.5) is 0 Å². The summed E-state index contributed by atoms with van der Waals surface area (Å²) in [5.41, 5.74) is 6.12. The lowest BCUT2D eigenvalue weighted by Gasteiger charge is -2.20. The van der Waals surface area contributed by atoms with E-state index >= 15 is 0 Å². The van der Waals surface area contributed by atoms with E-state index in [0.29, 0.717) is 10.9 Å². The first-order valence-corrected chi connectivity index (χ1v) is 10.6. The molecule has 0 aliphatic rings. The van der Waals surface area contributed by atoms with Crippen molar-refractivity contribution >= 4 is 38.4 Å². The molecule has 2 N–H and O–H groups in total. The highest BCUT2D eigenvalue weighted by Gasteiger charge is 2.21. The zero-order valence-electron chi connectivity index (χ0n) is 18.2. The first-order chi connectivity index (χ1) is 15.3. The van der Waals surface area contributed by atoms with Gasteiger partial charge in [0.25, 0.3) is 5.56 Å². The third-order valence-electron chi connectivity index (χ3n) is 6.44. The number of fused-ring (bicyclic) bond motifs is 4. The Hall–Kier alpha value is -3.92. The summed E-state index contributed by atoms with van der Waals surface area (Å²) in [5.74, 6) is -0.894. The number of benzene rings is 4. The van der Waals surface area contributed by atoms with E-state index in [1.54, 1.807) is 0 Å². The summed E-state index contributed by atoms with van der Waals surface area (Å²) in [4.78, 5) is 27.9. The topological polar surface area (TPSA) is 70.2 Å². The molecule has 0 radical (unpaired) electrons. The van der Waals surface area contributed by atoms with Crippen molar-refractivity contribution in [3.05, 3.63) is 93.3 Å². The normalized spacial score (nSPS) is 11.5. The molecule has 0 aliphatic carbocycles. The third-order valence-corrected chi connectivity index (χ3v) is 6.44. The van der Waals surface area contributed by atoms with Crippen LogP contribution in [0.25, 0.3) is 43.6 Å². The molecule has 158 valence electrons. The van der Waals surface area contributed by atoms with Crippen LogP contribution >= 0.6 is 0 Å². The van der Waals surface area contributed by atoms with Crippen molar-refractivity contribution in [3.63, 3.8) is 0 Å². The van der Waals surface area contributed by atoms with Gasteiger partial charge in [-0.05, 0) is 76.9 Å². The summed E-state index contributed by atoms with van der Waals surface area (Å²) >= 11 is 0. The summed E-state index contributed by atoms with van der Waals surface area (Å²) in [6, 6.07) is 20.2. The van der Waals surface area contributed by atoms with Crippen LogP contribution in [-0.4, -0.2) is 16.1 Å². The Morgan fingerprint density at radius 3 is 2.12 bits per heavy atom. The molecule has 1 aromatic heterocycles. The second-order valence-corrected chi connectivity index (χ2v) is 8.49. The van der Waals surface area contributed by atoms with Gasteiger partial charge in [-0.2, -0.15) is 0 Å². The van der Waals surface area contributed by atoms with E-state index in [0.717, 1.165) is 54.9 Å². The van der Waals surface area contributed by atoms with Crippen molar-refractivity contribution < 1.29 is 9.90 Å². The molecular formula is C28H23NO3. The average molecular weight is 421 g/mol. The number of pyridine rings is 1. The molecule has 0 saturated carbocycles. The number of carbonyl (C=O) groups is 1. The number of hydrogen-bond acceptors (Lipinski definition) is 2. The number of carboxylic acid groups (broad SMARTS) is 1. The average Bonchev–Trinajstić information content (AvgIpc) is 2.77. The van der Waals surface area contributed by atoms with E-state index in [2.05, 4.69) is 11.1 Å². The van der Waals surface area contributed by atoms with Crippen molar-refractivity contribution in [2.45, 2.75) is 27.2 Å². The molecule has 32 heavy (non-hydrogen) atoms. The van der Waals surface area contributed by atoms with Gasteiger partial charge in [-0.1, -0.05) is 54.1 Å². The molecule has 0 saturated heterocycles. The largest absolute Gasteiger partial charge is 0.481 e. The van der Waals surface area contributed by atoms with Gasteiger partial charge in [0.1, 0.15) is 0 Å². The van der Waals surface area contributed by atoms with Gasteiger partial charge in [0, 0.05) is 10.8 Å². The summed E-state index contributed by atoms with van der Waals surface area (Å²) in [6.45, 7) is 5.96. The molecule has 0 atom stereocenters. The summed E-state index contributed by atoms with van der Waals surface area (Å²) in [6.07, 6.45) is -0.108. The lowest BCUT2D eigenvalue weighted by molar-refractivity contribution is -0.136. The monoisotopic (exact) mass is 421 g/mol. The molecule has 5 aromatic rings. The van der Waals surface area contributed by atoms with Crippen molar-refractivity contribution in [2.24, 2.45) is 0 Å². The first-order valence-electron chi connectivity index (χ1n) is 10.6. The van der Waals surface area contributed by atoms with Crippen LogP contribution in [0.5, 0.6) is 0 Å². The zero-order chi connectivity index (χ0) is 22.6. The molecular weight excluding hydrogens is 398 g/mol. The minimum Gasteiger partial charge on any atom is -0.481 e. The molecule has 4 heteroatoms. The highest BCUT2D eigenvalue weighted by atomic mass is 16.4. The van der Waals surface area contributed by atoms with Crippen molar-refractivity contribution in [2.75, 3.05) is 0 Å². The molecule has 5 rings (SSSR count). The predicted molar refractivity (Wildman–Crippen MR) is 131 cm³/mol. The quantitative estimate of drug-likeness (QED) is 0.275. The maximum Gasteiger partial charge on any atom is 0.307 e.